The van der Waals surface area contributed by atoms with E-state index in [-0.39, 0.29) is 0 Å². The van der Waals surface area contributed by atoms with E-state index in [1.54, 1.807) is 5.82 Å². The maximum atomic E-state index is 2.56. The standard InChI is InChI=1S/C27H53N2/c1-5-7-9-11-13-15-16-18-20-22-27-28(24-25-29(27)26(3)4)23-21-19-17-14-12-10-8-6-2/h24-26H,5-23H2,1-4H3/q+1. The van der Waals surface area contributed by atoms with Crippen LogP contribution in [0.4, 0.5) is 0 Å². The van der Waals surface area contributed by atoms with Crippen LogP contribution >= 0.6 is 0 Å². The Labute approximate surface area is 183 Å². The normalized spacial score (nSPS) is 11.6. The second kappa shape index (κ2) is 18.0. The number of hydrogen-bond donors (Lipinski definition) is 0. The van der Waals surface area contributed by atoms with E-state index in [4.69, 9.17) is 0 Å². The smallest absolute Gasteiger partial charge is 0.234 e. The first-order valence-corrected chi connectivity index (χ1v) is 13.3. The van der Waals surface area contributed by atoms with Gasteiger partial charge < -0.3 is 0 Å². The van der Waals surface area contributed by atoms with Crippen LogP contribution < -0.4 is 4.57 Å². The zero-order valence-corrected chi connectivity index (χ0v) is 20.6. The van der Waals surface area contributed by atoms with E-state index in [1.807, 2.05) is 0 Å². The second-order valence-corrected chi connectivity index (χ2v) is 9.46. The number of nitrogens with zero attached hydrogens (tertiary/aromatic N) is 2. The molecule has 1 heterocycles. The first-order chi connectivity index (χ1) is 14.2. The number of rotatable bonds is 20. The average molecular weight is 406 g/mol. The van der Waals surface area contributed by atoms with Crippen LogP contribution in [0.2, 0.25) is 0 Å². The molecule has 2 nitrogen and oxygen atoms in total. The van der Waals surface area contributed by atoms with Crippen molar-refractivity contribution in [3.05, 3.63) is 18.2 Å². The van der Waals surface area contributed by atoms with Gasteiger partial charge in [0.2, 0.25) is 0 Å². The van der Waals surface area contributed by atoms with Crippen molar-refractivity contribution in [1.82, 2.24) is 4.57 Å². The SMILES string of the molecule is CCCCCCCCCCCc1n(C(C)C)cc[n+]1CCCCCCCCCC. The summed E-state index contributed by atoms with van der Waals surface area (Å²) in [6.07, 6.45) is 29.9. The topological polar surface area (TPSA) is 8.81 Å². The van der Waals surface area contributed by atoms with Crippen LogP contribution in [-0.4, -0.2) is 4.57 Å². The van der Waals surface area contributed by atoms with Crippen molar-refractivity contribution in [3.63, 3.8) is 0 Å². The van der Waals surface area contributed by atoms with Crippen molar-refractivity contribution in [2.45, 2.75) is 156 Å². The van der Waals surface area contributed by atoms with Crippen LogP contribution in [0.1, 0.15) is 149 Å². The Morgan fingerprint density at radius 1 is 0.655 bits per heavy atom. The lowest BCUT2D eigenvalue weighted by molar-refractivity contribution is -0.704. The van der Waals surface area contributed by atoms with Gasteiger partial charge in [-0.1, -0.05) is 104 Å². The highest BCUT2D eigenvalue weighted by molar-refractivity contribution is 4.86. The van der Waals surface area contributed by atoms with Crippen molar-refractivity contribution in [2.24, 2.45) is 0 Å². The van der Waals surface area contributed by atoms with Crippen molar-refractivity contribution in [2.75, 3.05) is 0 Å². The molecule has 0 unspecified atom stereocenters. The van der Waals surface area contributed by atoms with E-state index in [0.29, 0.717) is 6.04 Å². The molecule has 0 amide bonds. The zero-order valence-electron chi connectivity index (χ0n) is 20.6. The van der Waals surface area contributed by atoms with Crippen molar-refractivity contribution in [1.29, 1.82) is 0 Å². The van der Waals surface area contributed by atoms with Crippen molar-refractivity contribution < 1.29 is 4.57 Å². The Morgan fingerprint density at radius 3 is 1.59 bits per heavy atom. The minimum atomic E-state index is 0.573. The van der Waals surface area contributed by atoms with Crippen LogP contribution in [0.5, 0.6) is 0 Å². The summed E-state index contributed by atoms with van der Waals surface area (Å²) in [5.74, 6) is 1.56. The van der Waals surface area contributed by atoms with Gasteiger partial charge in [-0.25, -0.2) is 9.13 Å². The Hall–Kier alpha value is -0.790. The Bertz CT molecular complexity index is 475. The van der Waals surface area contributed by atoms with Gasteiger partial charge in [-0.15, -0.1) is 0 Å². The van der Waals surface area contributed by atoms with E-state index < -0.39 is 0 Å². The maximum Gasteiger partial charge on any atom is 0.256 e. The molecular weight excluding hydrogens is 352 g/mol. The molecule has 29 heavy (non-hydrogen) atoms. The highest BCUT2D eigenvalue weighted by atomic mass is 15.2. The number of unbranched alkanes of at least 4 members (excludes halogenated alkanes) is 15. The average Bonchev–Trinajstić information content (AvgIpc) is 3.11. The van der Waals surface area contributed by atoms with Gasteiger partial charge in [-0.05, 0) is 33.1 Å². The molecule has 0 atom stereocenters. The fraction of sp³-hybridized carbons (Fsp3) is 0.889. The zero-order chi connectivity index (χ0) is 21.2. The molecule has 0 aliphatic heterocycles. The molecule has 0 saturated carbocycles. The van der Waals surface area contributed by atoms with Gasteiger partial charge in [-0.2, -0.15) is 0 Å². The summed E-state index contributed by atoms with van der Waals surface area (Å²) >= 11 is 0. The summed E-state index contributed by atoms with van der Waals surface area (Å²) in [6, 6.07) is 0.573. The van der Waals surface area contributed by atoms with Gasteiger partial charge in [0.1, 0.15) is 12.4 Å². The summed E-state index contributed by atoms with van der Waals surface area (Å²) in [5, 5.41) is 0. The first kappa shape index (κ1) is 26.2. The molecule has 0 bridgehead atoms. The van der Waals surface area contributed by atoms with Gasteiger partial charge in [0.05, 0.1) is 12.6 Å². The highest BCUT2D eigenvalue weighted by Crippen LogP contribution is 2.14. The molecule has 0 fully saturated rings. The van der Waals surface area contributed by atoms with Gasteiger partial charge >= 0.3 is 0 Å². The van der Waals surface area contributed by atoms with E-state index >= 15 is 0 Å². The van der Waals surface area contributed by atoms with Gasteiger partial charge in [0.15, 0.2) is 0 Å². The molecule has 1 aromatic heterocycles. The van der Waals surface area contributed by atoms with Crippen molar-refractivity contribution >= 4 is 0 Å². The predicted molar refractivity (Wildman–Crippen MR) is 129 cm³/mol. The van der Waals surface area contributed by atoms with Crippen LogP contribution in [0, 0.1) is 0 Å². The summed E-state index contributed by atoms with van der Waals surface area (Å²) in [4.78, 5) is 0. The highest BCUT2D eigenvalue weighted by Gasteiger charge is 2.18. The number of aryl methyl sites for hydroxylation is 1. The molecule has 2 heteroatoms. The van der Waals surface area contributed by atoms with Crippen LogP contribution in [0.3, 0.4) is 0 Å². The predicted octanol–water partition coefficient (Wildman–Crippen LogP) is 8.57. The van der Waals surface area contributed by atoms with E-state index in [1.165, 1.54) is 122 Å². The lowest BCUT2D eigenvalue weighted by atomic mass is 10.1. The molecule has 0 saturated heterocycles. The summed E-state index contributed by atoms with van der Waals surface area (Å²) < 4.78 is 5.07. The number of imidazole rings is 1. The molecule has 0 aliphatic carbocycles. The third kappa shape index (κ3) is 12.5. The molecule has 0 aliphatic rings. The Kier molecular flexibility index (Phi) is 16.3. The van der Waals surface area contributed by atoms with E-state index in [0.717, 1.165) is 0 Å². The lowest BCUT2D eigenvalue weighted by Gasteiger charge is -2.08. The third-order valence-corrected chi connectivity index (χ3v) is 6.35. The summed E-state index contributed by atoms with van der Waals surface area (Å²) in [5.41, 5.74) is 0. The molecule has 0 spiro atoms. The molecule has 0 radical (unpaired) electrons. The van der Waals surface area contributed by atoms with E-state index in [9.17, 15) is 0 Å². The van der Waals surface area contributed by atoms with Gasteiger partial charge in [0.25, 0.3) is 5.82 Å². The molecule has 170 valence electrons. The fourth-order valence-corrected chi connectivity index (χ4v) is 4.43. The maximum absolute atomic E-state index is 2.56. The largest absolute Gasteiger partial charge is 0.256 e. The molecule has 0 aromatic carbocycles. The minimum Gasteiger partial charge on any atom is -0.234 e. The van der Waals surface area contributed by atoms with E-state index in [2.05, 4.69) is 49.2 Å². The first-order valence-electron chi connectivity index (χ1n) is 13.3. The van der Waals surface area contributed by atoms with Crippen molar-refractivity contribution in [3.8, 4) is 0 Å². The van der Waals surface area contributed by atoms with Crippen LogP contribution in [-0.2, 0) is 13.0 Å². The number of hydrogen-bond acceptors (Lipinski definition) is 0. The molecular formula is C27H53N2+. The molecule has 1 aromatic rings. The lowest BCUT2D eigenvalue weighted by Crippen LogP contribution is -2.37. The summed E-state index contributed by atoms with van der Waals surface area (Å²) in [7, 11) is 0. The summed E-state index contributed by atoms with van der Waals surface area (Å²) in [6.45, 7) is 10.4. The second-order valence-electron chi connectivity index (χ2n) is 9.46. The third-order valence-electron chi connectivity index (χ3n) is 6.35. The molecule has 1 rings (SSSR count). The van der Waals surface area contributed by atoms with Gasteiger partial charge in [0, 0.05) is 6.42 Å². The van der Waals surface area contributed by atoms with Crippen LogP contribution in [0.25, 0.3) is 0 Å². The number of aromatic nitrogens is 2. The molecule has 0 N–H and O–H groups in total. The fourth-order valence-electron chi connectivity index (χ4n) is 4.43. The minimum absolute atomic E-state index is 0.573. The monoisotopic (exact) mass is 405 g/mol. The van der Waals surface area contributed by atoms with Gasteiger partial charge in [-0.3, -0.25) is 0 Å². The Balaban J connectivity index is 2.25. The van der Waals surface area contributed by atoms with Crippen LogP contribution in [0.15, 0.2) is 12.4 Å². The quantitative estimate of drug-likeness (QED) is 0.152. The Morgan fingerprint density at radius 2 is 1.10 bits per heavy atom.